The van der Waals surface area contributed by atoms with Crippen LogP contribution >= 0.6 is 0 Å². The molecule has 1 saturated heterocycles. The molecule has 24 heavy (non-hydrogen) atoms. The minimum absolute atomic E-state index is 0.533. The lowest BCUT2D eigenvalue weighted by Gasteiger charge is -2.32. The van der Waals surface area contributed by atoms with Crippen molar-refractivity contribution in [1.82, 2.24) is 25.3 Å². The maximum atomic E-state index is 4.48. The van der Waals surface area contributed by atoms with Gasteiger partial charge in [-0.2, -0.15) is 5.10 Å². The maximum absolute atomic E-state index is 4.48. The molecule has 2 rings (SSSR count). The van der Waals surface area contributed by atoms with Gasteiger partial charge >= 0.3 is 0 Å². The Balaban J connectivity index is 1.75. The number of piperidine rings is 1. The van der Waals surface area contributed by atoms with Gasteiger partial charge in [0.2, 0.25) is 0 Å². The van der Waals surface area contributed by atoms with E-state index in [0.717, 1.165) is 24.6 Å². The standard InChI is InChI=1S/C18H34N6/c1-6-11-24-12-8-16(9-13-24)21-18(19-4)20-10-7-17-14(2)22-23(5)15(17)3/h16H,6-13H2,1-5H3,(H2,19,20,21). The van der Waals surface area contributed by atoms with E-state index in [-0.39, 0.29) is 0 Å². The third-order valence-electron chi connectivity index (χ3n) is 5.02. The summed E-state index contributed by atoms with van der Waals surface area (Å²) in [6, 6.07) is 0.533. The van der Waals surface area contributed by atoms with Crippen LogP contribution in [0, 0.1) is 13.8 Å². The minimum Gasteiger partial charge on any atom is -0.356 e. The first-order valence-electron chi connectivity index (χ1n) is 9.23. The molecule has 0 radical (unpaired) electrons. The van der Waals surface area contributed by atoms with Gasteiger partial charge in [-0.1, -0.05) is 6.92 Å². The molecule has 1 aromatic rings. The zero-order valence-electron chi connectivity index (χ0n) is 16.0. The topological polar surface area (TPSA) is 57.5 Å². The number of likely N-dealkylation sites (tertiary alicyclic amines) is 1. The number of rotatable bonds is 6. The SMILES string of the molecule is CCCN1CCC(NC(=NC)NCCc2c(C)nn(C)c2C)CC1. The van der Waals surface area contributed by atoms with Crippen LogP contribution in [0.15, 0.2) is 4.99 Å². The van der Waals surface area contributed by atoms with Crippen molar-refractivity contribution in [1.29, 1.82) is 0 Å². The normalized spacial score (nSPS) is 17.3. The number of hydrogen-bond donors (Lipinski definition) is 2. The molecule has 0 atom stereocenters. The molecule has 1 aliphatic rings. The number of guanidine groups is 1. The summed E-state index contributed by atoms with van der Waals surface area (Å²) < 4.78 is 1.96. The highest BCUT2D eigenvalue weighted by atomic mass is 15.3. The monoisotopic (exact) mass is 334 g/mol. The molecule has 0 aromatic carbocycles. The maximum Gasteiger partial charge on any atom is 0.191 e. The van der Waals surface area contributed by atoms with Crippen LogP contribution in [-0.4, -0.2) is 59.9 Å². The van der Waals surface area contributed by atoms with Crippen molar-refractivity contribution in [3.05, 3.63) is 17.0 Å². The van der Waals surface area contributed by atoms with Gasteiger partial charge < -0.3 is 15.5 Å². The Morgan fingerprint density at radius 2 is 2.00 bits per heavy atom. The molecule has 6 heteroatoms. The van der Waals surface area contributed by atoms with E-state index >= 15 is 0 Å². The van der Waals surface area contributed by atoms with E-state index in [4.69, 9.17) is 0 Å². The minimum atomic E-state index is 0.533. The van der Waals surface area contributed by atoms with E-state index in [2.05, 4.69) is 46.4 Å². The van der Waals surface area contributed by atoms with Gasteiger partial charge in [0.15, 0.2) is 5.96 Å². The Morgan fingerprint density at radius 1 is 1.29 bits per heavy atom. The largest absolute Gasteiger partial charge is 0.356 e. The van der Waals surface area contributed by atoms with Gasteiger partial charge in [0, 0.05) is 45.5 Å². The second-order valence-electron chi connectivity index (χ2n) is 6.78. The van der Waals surface area contributed by atoms with Crippen molar-refractivity contribution < 1.29 is 0 Å². The fraction of sp³-hybridized carbons (Fsp3) is 0.778. The van der Waals surface area contributed by atoms with E-state index in [1.807, 2.05) is 18.8 Å². The molecule has 2 heterocycles. The fourth-order valence-corrected chi connectivity index (χ4v) is 3.49. The van der Waals surface area contributed by atoms with E-state index in [1.165, 1.54) is 50.2 Å². The van der Waals surface area contributed by atoms with Gasteiger partial charge in [0.25, 0.3) is 0 Å². The number of aryl methyl sites for hydroxylation is 2. The molecular formula is C18H34N6. The number of aromatic nitrogens is 2. The molecule has 0 aliphatic carbocycles. The highest BCUT2D eigenvalue weighted by Crippen LogP contribution is 2.12. The van der Waals surface area contributed by atoms with E-state index in [0.29, 0.717) is 6.04 Å². The highest BCUT2D eigenvalue weighted by molar-refractivity contribution is 5.79. The summed E-state index contributed by atoms with van der Waals surface area (Å²) in [5, 5.41) is 11.5. The van der Waals surface area contributed by atoms with Crippen LogP contribution in [-0.2, 0) is 13.5 Å². The Hall–Kier alpha value is -1.56. The van der Waals surface area contributed by atoms with Crippen LogP contribution in [0.25, 0.3) is 0 Å². The van der Waals surface area contributed by atoms with Crippen molar-refractivity contribution in [2.45, 2.75) is 52.5 Å². The Morgan fingerprint density at radius 3 is 2.54 bits per heavy atom. The Bertz CT molecular complexity index is 540. The highest BCUT2D eigenvalue weighted by Gasteiger charge is 2.19. The summed E-state index contributed by atoms with van der Waals surface area (Å²) in [7, 11) is 3.85. The zero-order chi connectivity index (χ0) is 17.5. The first-order chi connectivity index (χ1) is 11.5. The summed E-state index contributed by atoms with van der Waals surface area (Å²) in [4.78, 5) is 6.94. The van der Waals surface area contributed by atoms with E-state index in [1.54, 1.807) is 0 Å². The molecule has 1 aromatic heterocycles. The third kappa shape index (κ3) is 4.97. The molecule has 0 saturated carbocycles. The molecule has 0 unspecified atom stereocenters. The average Bonchev–Trinajstić information content (AvgIpc) is 2.81. The lowest BCUT2D eigenvalue weighted by molar-refractivity contribution is 0.206. The average molecular weight is 335 g/mol. The van der Waals surface area contributed by atoms with Crippen LogP contribution < -0.4 is 10.6 Å². The molecule has 6 nitrogen and oxygen atoms in total. The van der Waals surface area contributed by atoms with Crippen LogP contribution in [0.1, 0.15) is 43.1 Å². The van der Waals surface area contributed by atoms with Crippen molar-refractivity contribution in [2.75, 3.05) is 33.2 Å². The van der Waals surface area contributed by atoms with Crippen molar-refractivity contribution in [3.8, 4) is 0 Å². The van der Waals surface area contributed by atoms with Crippen LogP contribution in [0.2, 0.25) is 0 Å². The molecule has 0 bridgehead atoms. The molecule has 136 valence electrons. The summed E-state index contributed by atoms with van der Waals surface area (Å²) in [5.74, 6) is 0.920. The molecular weight excluding hydrogens is 300 g/mol. The molecule has 1 fully saturated rings. The Kier molecular flexibility index (Phi) is 7.09. The zero-order valence-corrected chi connectivity index (χ0v) is 16.0. The second kappa shape index (κ2) is 9.06. The van der Waals surface area contributed by atoms with Crippen molar-refractivity contribution >= 4 is 5.96 Å². The molecule has 1 aliphatic heterocycles. The quantitative estimate of drug-likeness (QED) is 0.613. The first kappa shape index (κ1) is 18.8. The number of nitrogens with zero attached hydrogens (tertiary/aromatic N) is 4. The van der Waals surface area contributed by atoms with E-state index < -0.39 is 0 Å². The summed E-state index contributed by atoms with van der Waals surface area (Å²) in [5.41, 5.74) is 3.72. The van der Waals surface area contributed by atoms with E-state index in [9.17, 15) is 0 Å². The number of nitrogens with one attached hydrogen (secondary N) is 2. The smallest absolute Gasteiger partial charge is 0.191 e. The van der Waals surface area contributed by atoms with Crippen molar-refractivity contribution in [3.63, 3.8) is 0 Å². The number of aliphatic imine (C=N–C) groups is 1. The van der Waals surface area contributed by atoms with Gasteiger partial charge in [-0.15, -0.1) is 0 Å². The first-order valence-corrected chi connectivity index (χ1v) is 9.23. The summed E-state index contributed by atoms with van der Waals surface area (Å²) >= 11 is 0. The van der Waals surface area contributed by atoms with Gasteiger partial charge in [-0.3, -0.25) is 9.67 Å². The van der Waals surface area contributed by atoms with Crippen molar-refractivity contribution in [2.24, 2.45) is 12.0 Å². The summed E-state index contributed by atoms with van der Waals surface area (Å²) in [6.45, 7) is 11.0. The van der Waals surface area contributed by atoms with Gasteiger partial charge in [-0.05, 0) is 51.6 Å². The van der Waals surface area contributed by atoms with Crippen LogP contribution in [0.5, 0.6) is 0 Å². The predicted molar refractivity (Wildman–Crippen MR) is 101 cm³/mol. The van der Waals surface area contributed by atoms with Gasteiger partial charge in [-0.25, -0.2) is 0 Å². The number of hydrogen-bond acceptors (Lipinski definition) is 3. The summed E-state index contributed by atoms with van der Waals surface area (Å²) in [6.07, 6.45) is 4.61. The van der Waals surface area contributed by atoms with Crippen LogP contribution in [0.3, 0.4) is 0 Å². The lowest BCUT2D eigenvalue weighted by atomic mass is 10.1. The fourth-order valence-electron chi connectivity index (χ4n) is 3.49. The second-order valence-corrected chi connectivity index (χ2v) is 6.78. The lowest BCUT2D eigenvalue weighted by Crippen LogP contribution is -2.49. The predicted octanol–water partition coefficient (Wildman–Crippen LogP) is 1.62. The van der Waals surface area contributed by atoms with Gasteiger partial charge in [0.1, 0.15) is 0 Å². The van der Waals surface area contributed by atoms with Crippen LogP contribution in [0.4, 0.5) is 0 Å². The molecule has 0 amide bonds. The molecule has 0 spiro atoms. The Labute approximate surface area is 146 Å². The third-order valence-corrected chi connectivity index (χ3v) is 5.02. The van der Waals surface area contributed by atoms with Gasteiger partial charge in [0.05, 0.1) is 5.69 Å². The molecule has 2 N–H and O–H groups in total.